The van der Waals surface area contributed by atoms with E-state index in [2.05, 4.69) is 4.74 Å². The number of Topliss-reactive ketones (excluding diaryl/α,β-unsaturated/α-hetero) is 1. The summed E-state index contributed by atoms with van der Waals surface area (Å²) in [6.07, 6.45) is 1.31. The Hall–Kier alpha value is -1.16. The second-order valence-electron chi connectivity index (χ2n) is 4.16. The Morgan fingerprint density at radius 3 is 2.59 bits per heavy atom. The predicted molar refractivity (Wildman–Crippen MR) is 59.7 cm³/mol. The molecule has 0 radical (unpaired) electrons. The zero-order valence-corrected chi connectivity index (χ0v) is 9.93. The number of ketones is 1. The van der Waals surface area contributed by atoms with Gasteiger partial charge in [0, 0.05) is 10.6 Å². The van der Waals surface area contributed by atoms with E-state index in [9.17, 15) is 13.6 Å². The molecule has 0 aromatic heterocycles. The first kappa shape index (κ1) is 12.3. The molecule has 2 nitrogen and oxygen atoms in total. The van der Waals surface area contributed by atoms with Gasteiger partial charge >= 0.3 is 6.61 Å². The van der Waals surface area contributed by atoms with E-state index in [1.54, 1.807) is 0 Å². The van der Waals surface area contributed by atoms with E-state index in [4.69, 9.17) is 11.6 Å². The Kier molecular flexibility index (Phi) is 3.08. The van der Waals surface area contributed by atoms with Crippen molar-refractivity contribution in [2.45, 2.75) is 31.8 Å². The van der Waals surface area contributed by atoms with Gasteiger partial charge in [-0.2, -0.15) is 8.78 Å². The predicted octanol–water partition coefficient (Wildman–Crippen LogP) is 3.56. The summed E-state index contributed by atoms with van der Waals surface area (Å²) in [4.78, 5) is 11.6. The number of alkyl halides is 2. The third-order valence-electron chi connectivity index (χ3n) is 3.10. The van der Waals surface area contributed by atoms with Gasteiger partial charge in [0.25, 0.3) is 0 Å². The molecule has 1 aliphatic carbocycles. The lowest BCUT2D eigenvalue weighted by Gasteiger charge is -2.17. The van der Waals surface area contributed by atoms with Crippen molar-refractivity contribution < 1.29 is 18.3 Å². The van der Waals surface area contributed by atoms with Crippen molar-refractivity contribution in [3.05, 3.63) is 28.8 Å². The Bertz CT molecular complexity index is 456. The van der Waals surface area contributed by atoms with Gasteiger partial charge in [-0.3, -0.25) is 4.79 Å². The Morgan fingerprint density at radius 2 is 2.12 bits per heavy atom. The summed E-state index contributed by atoms with van der Waals surface area (Å²) in [5.41, 5.74) is -0.201. The molecule has 1 saturated carbocycles. The third kappa shape index (κ3) is 2.27. The van der Waals surface area contributed by atoms with Crippen LogP contribution in [0.15, 0.2) is 18.2 Å². The van der Waals surface area contributed by atoms with Crippen molar-refractivity contribution in [3.8, 4) is 5.75 Å². The van der Waals surface area contributed by atoms with Crippen molar-refractivity contribution in [2.24, 2.45) is 0 Å². The lowest BCUT2D eigenvalue weighted by Crippen LogP contribution is -2.19. The smallest absolute Gasteiger partial charge is 0.387 e. The number of halogens is 3. The number of ether oxygens (including phenoxy) is 1. The van der Waals surface area contributed by atoms with Crippen LogP contribution in [0, 0.1) is 0 Å². The van der Waals surface area contributed by atoms with Crippen molar-refractivity contribution in [3.63, 3.8) is 0 Å². The van der Waals surface area contributed by atoms with E-state index in [0.29, 0.717) is 23.4 Å². The number of hydrogen-bond donors (Lipinski definition) is 0. The van der Waals surface area contributed by atoms with Crippen LogP contribution in [0.4, 0.5) is 8.78 Å². The normalized spacial score (nSPS) is 17.0. The Labute approximate surface area is 103 Å². The first-order valence-electron chi connectivity index (χ1n) is 5.21. The van der Waals surface area contributed by atoms with Crippen molar-refractivity contribution in [2.75, 3.05) is 0 Å². The van der Waals surface area contributed by atoms with Crippen LogP contribution in [-0.4, -0.2) is 12.4 Å². The summed E-state index contributed by atoms with van der Waals surface area (Å²) < 4.78 is 29.0. The highest BCUT2D eigenvalue weighted by Gasteiger charge is 2.50. The van der Waals surface area contributed by atoms with Gasteiger partial charge in [0.2, 0.25) is 0 Å². The minimum Gasteiger partial charge on any atom is -0.435 e. The molecule has 0 bridgehead atoms. The molecular weight excluding hydrogens is 250 g/mol. The molecule has 0 N–H and O–H groups in total. The SMILES string of the molecule is CC(=O)C1(c2cc(Cl)ccc2OC(F)F)CC1. The van der Waals surface area contributed by atoms with Crippen molar-refractivity contribution >= 4 is 17.4 Å². The van der Waals surface area contributed by atoms with Gasteiger partial charge in [-0.15, -0.1) is 0 Å². The Balaban J connectivity index is 2.44. The van der Waals surface area contributed by atoms with Crippen LogP contribution in [0.2, 0.25) is 5.02 Å². The minimum absolute atomic E-state index is 0.0390. The van der Waals surface area contributed by atoms with Gasteiger partial charge in [0.05, 0.1) is 5.41 Å². The molecule has 0 amide bonds. The molecule has 0 aliphatic heterocycles. The van der Waals surface area contributed by atoms with E-state index in [-0.39, 0.29) is 11.5 Å². The van der Waals surface area contributed by atoms with Crippen LogP contribution in [0.5, 0.6) is 5.75 Å². The summed E-state index contributed by atoms with van der Waals surface area (Å²) in [5.74, 6) is -0.00372. The molecule has 0 atom stereocenters. The topological polar surface area (TPSA) is 26.3 Å². The van der Waals surface area contributed by atoms with E-state index >= 15 is 0 Å². The first-order chi connectivity index (χ1) is 7.95. The maximum Gasteiger partial charge on any atom is 0.387 e. The van der Waals surface area contributed by atoms with E-state index in [1.165, 1.54) is 25.1 Å². The second-order valence-corrected chi connectivity index (χ2v) is 4.59. The minimum atomic E-state index is -2.90. The molecule has 1 aliphatic rings. The van der Waals surface area contributed by atoms with Gasteiger partial charge < -0.3 is 4.74 Å². The highest BCUT2D eigenvalue weighted by atomic mass is 35.5. The van der Waals surface area contributed by atoms with Gasteiger partial charge in [-0.05, 0) is 38.0 Å². The molecule has 5 heteroatoms. The van der Waals surface area contributed by atoms with Gasteiger partial charge in [-0.25, -0.2) is 0 Å². The molecule has 0 saturated heterocycles. The van der Waals surface area contributed by atoms with Crippen LogP contribution in [0.1, 0.15) is 25.3 Å². The maximum absolute atomic E-state index is 12.3. The lowest BCUT2D eigenvalue weighted by atomic mass is 9.91. The summed E-state index contributed by atoms with van der Waals surface area (Å²) in [6.45, 7) is -1.45. The fourth-order valence-corrected chi connectivity index (χ4v) is 2.18. The fraction of sp³-hybridized carbons (Fsp3) is 0.417. The molecule has 1 aromatic rings. The van der Waals surface area contributed by atoms with Gasteiger partial charge in [0.15, 0.2) is 0 Å². The van der Waals surface area contributed by atoms with Gasteiger partial charge in [0.1, 0.15) is 11.5 Å². The molecule has 1 fully saturated rings. The largest absolute Gasteiger partial charge is 0.435 e. The number of carbonyl (C=O) groups is 1. The second kappa shape index (κ2) is 4.26. The van der Waals surface area contributed by atoms with Crippen molar-refractivity contribution in [1.82, 2.24) is 0 Å². The quantitative estimate of drug-likeness (QED) is 0.827. The number of rotatable bonds is 4. The standard InChI is InChI=1S/C12H11ClF2O2/c1-7(16)12(4-5-12)9-6-8(13)2-3-10(9)17-11(14)15/h2-3,6,11H,4-5H2,1H3. The van der Waals surface area contributed by atoms with Crippen LogP contribution >= 0.6 is 11.6 Å². The van der Waals surface area contributed by atoms with E-state index < -0.39 is 12.0 Å². The van der Waals surface area contributed by atoms with E-state index in [0.717, 1.165) is 0 Å². The van der Waals surface area contributed by atoms with Crippen molar-refractivity contribution in [1.29, 1.82) is 0 Å². The van der Waals surface area contributed by atoms with Crippen LogP contribution in [-0.2, 0) is 10.2 Å². The van der Waals surface area contributed by atoms with Gasteiger partial charge in [-0.1, -0.05) is 11.6 Å². The summed E-state index contributed by atoms with van der Waals surface area (Å²) in [7, 11) is 0. The van der Waals surface area contributed by atoms with Crippen LogP contribution in [0.25, 0.3) is 0 Å². The molecule has 2 rings (SSSR count). The molecule has 92 valence electrons. The lowest BCUT2D eigenvalue weighted by molar-refractivity contribution is -0.119. The summed E-state index contributed by atoms with van der Waals surface area (Å²) >= 11 is 5.84. The van der Waals surface area contributed by atoms with E-state index in [1.807, 2.05) is 0 Å². The number of carbonyl (C=O) groups excluding carboxylic acids is 1. The fourth-order valence-electron chi connectivity index (χ4n) is 2.01. The monoisotopic (exact) mass is 260 g/mol. The average Bonchev–Trinajstić information content (AvgIpc) is 3.01. The molecular formula is C12H11ClF2O2. The molecule has 0 heterocycles. The highest BCUT2D eigenvalue weighted by Crippen LogP contribution is 2.52. The van der Waals surface area contributed by atoms with Crippen LogP contribution < -0.4 is 4.74 Å². The molecule has 0 spiro atoms. The molecule has 1 aromatic carbocycles. The zero-order valence-electron chi connectivity index (χ0n) is 9.17. The number of hydrogen-bond acceptors (Lipinski definition) is 2. The summed E-state index contributed by atoms with van der Waals surface area (Å²) in [6, 6.07) is 4.39. The average molecular weight is 261 g/mol. The maximum atomic E-state index is 12.3. The summed E-state index contributed by atoms with van der Waals surface area (Å²) in [5, 5.41) is 0.411. The Morgan fingerprint density at radius 1 is 1.47 bits per heavy atom. The van der Waals surface area contributed by atoms with Crippen LogP contribution in [0.3, 0.4) is 0 Å². The third-order valence-corrected chi connectivity index (χ3v) is 3.33. The first-order valence-corrected chi connectivity index (χ1v) is 5.59. The zero-order chi connectivity index (χ0) is 12.6. The number of benzene rings is 1. The molecule has 0 unspecified atom stereocenters. The highest BCUT2D eigenvalue weighted by molar-refractivity contribution is 6.30. The molecule has 17 heavy (non-hydrogen) atoms.